The van der Waals surface area contributed by atoms with Crippen LogP contribution in [0.3, 0.4) is 0 Å². The summed E-state index contributed by atoms with van der Waals surface area (Å²) in [7, 11) is -9.95. The summed E-state index contributed by atoms with van der Waals surface area (Å²) in [5.74, 6) is -2.22. The zero-order valence-electron chi connectivity index (χ0n) is 62.2. The quantitative estimate of drug-likeness (QED) is 0.0169. The molecule has 570 valence electrons. The van der Waals surface area contributed by atoms with Gasteiger partial charge in [-0.2, -0.15) is 0 Å². The van der Waals surface area contributed by atoms with Crippen molar-refractivity contribution in [3.63, 3.8) is 0 Å². The number of esters is 4. The lowest BCUT2D eigenvalue weighted by Crippen LogP contribution is -2.30. The largest absolute Gasteiger partial charge is 0.472 e. The SMILES string of the molecule is CC/C=C\C/C=C\C/C=C\C/C=C\C/C=C\CCCC(=O)OCC(COP(=O)(O)OCC(O)COP(=O)(O)OCC(COC(=O)CCCCCCCCCCCCCCCCC)OC(=O)CCCCCCC/C=C\CCCC)OC(=O)CCCCCCCCCCCCCCCCC. The Kier molecular flexibility index (Phi) is 69.3. The molecule has 0 aliphatic heterocycles. The number of carbonyl (C=O) groups excluding carboxylic acids is 4. The van der Waals surface area contributed by atoms with Crippen molar-refractivity contribution in [3.05, 3.63) is 72.9 Å². The minimum absolute atomic E-state index is 0.0869. The smallest absolute Gasteiger partial charge is 0.462 e. The molecule has 98 heavy (non-hydrogen) atoms. The molecule has 0 spiro atoms. The van der Waals surface area contributed by atoms with E-state index in [1.807, 2.05) is 12.2 Å². The minimum atomic E-state index is -4.98. The van der Waals surface area contributed by atoms with Gasteiger partial charge in [0.05, 0.1) is 26.4 Å². The molecule has 0 heterocycles. The van der Waals surface area contributed by atoms with Crippen LogP contribution >= 0.6 is 15.6 Å². The fourth-order valence-electron chi connectivity index (χ4n) is 10.7. The number of phosphoric ester groups is 2. The number of allylic oxidation sites excluding steroid dienone is 12. The first kappa shape index (κ1) is 94.5. The molecule has 0 bridgehead atoms. The molecule has 0 aliphatic carbocycles. The summed E-state index contributed by atoms with van der Waals surface area (Å²) in [4.78, 5) is 72.8. The first-order valence-electron chi connectivity index (χ1n) is 39.2. The lowest BCUT2D eigenvalue weighted by Gasteiger charge is -2.21. The number of aliphatic hydroxyl groups is 1. The number of rotatable bonds is 74. The molecular weight excluding hydrogens is 1280 g/mol. The number of carbonyl (C=O) groups is 4. The van der Waals surface area contributed by atoms with Crippen molar-refractivity contribution in [2.75, 3.05) is 39.6 Å². The molecule has 0 fully saturated rings. The van der Waals surface area contributed by atoms with Crippen LogP contribution in [0, 0.1) is 0 Å². The van der Waals surface area contributed by atoms with Crippen LogP contribution in [0.5, 0.6) is 0 Å². The summed E-state index contributed by atoms with van der Waals surface area (Å²) >= 11 is 0. The van der Waals surface area contributed by atoms with Crippen LogP contribution in [0.25, 0.3) is 0 Å². The number of ether oxygens (including phenoxy) is 4. The predicted molar refractivity (Wildman–Crippen MR) is 400 cm³/mol. The van der Waals surface area contributed by atoms with E-state index in [0.29, 0.717) is 32.1 Å². The van der Waals surface area contributed by atoms with Gasteiger partial charge in [0.2, 0.25) is 0 Å². The monoisotopic (exact) mass is 1420 g/mol. The van der Waals surface area contributed by atoms with Gasteiger partial charge >= 0.3 is 39.5 Å². The number of hydrogen-bond acceptors (Lipinski definition) is 15. The third-order valence-corrected chi connectivity index (χ3v) is 18.6. The molecular formula is C79H142O17P2. The number of unbranched alkanes of at least 4 members (excludes halogenated alkanes) is 36. The Hall–Kier alpha value is -3.50. The summed E-state index contributed by atoms with van der Waals surface area (Å²) in [6.07, 6.45) is 71.8. The highest BCUT2D eigenvalue weighted by molar-refractivity contribution is 7.47. The second-order valence-corrected chi connectivity index (χ2v) is 29.2. The Bertz CT molecular complexity index is 2140. The number of hydrogen-bond donors (Lipinski definition) is 3. The maximum Gasteiger partial charge on any atom is 0.472 e. The number of aliphatic hydroxyl groups excluding tert-OH is 1. The standard InChI is InChI=1S/C79H142O17P2/c1-5-9-13-17-21-25-29-32-35-36-39-41-45-48-52-56-60-64-77(82)90-70-75(96-79(84)66-62-58-54-50-46-42-38-34-31-27-23-19-15-11-7-3)72-94-98(87,88)92-68-73(80)67-91-97(85,86)93-71-74(95-78(83)65-61-57-53-49-43-28-24-20-16-12-8-4)69-89-76(81)63-59-55-51-47-44-40-37-33-30-26-22-18-14-10-6-2/h9,13,20-21,24-25,32,35,39,41,48,52,73-75,80H,5-8,10-12,14-19,22-23,26-31,33-34,36-38,40,42-47,49-51,53-72H2,1-4H3,(H,85,86)(H,87,88)/b13-9-,24-20-,25-21-,35-32-,41-39-,52-48-. The van der Waals surface area contributed by atoms with E-state index in [9.17, 15) is 43.2 Å². The van der Waals surface area contributed by atoms with E-state index < -0.39 is 97.5 Å². The lowest BCUT2D eigenvalue weighted by atomic mass is 10.0. The van der Waals surface area contributed by atoms with Gasteiger partial charge in [-0.25, -0.2) is 9.13 Å². The maximum absolute atomic E-state index is 13.1. The molecule has 17 nitrogen and oxygen atoms in total. The van der Waals surface area contributed by atoms with Crippen LogP contribution in [0.15, 0.2) is 72.9 Å². The van der Waals surface area contributed by atoms with Crippen LogP contribution in [0.4, 0.5) is 0 Å². The second-order valence-electron chi connectivity index (χ2n) is 26.3. The van der Waals surface area contributed by atoms with Crippen molar-refractivity contribution >= 4 is 39.5 Å². The molecule has 0 amide bonds. The summed E-state index contributed by atoms with van der Waals surface area (Å²) < 4.78 is 68.5. The van der Waals surface area contributed by atoms with Gasteiger partial charge in [-0.15, -0.1) is 0 Å². The van der Waals surface area contributed by atoms with Crippen LogP contribution in [0.1, 0.15) is 349 Å². The first-order chi connectivity index (χ1) is 47.7. The Balaban J connectivity index is 5.34. The summed E-state index contributed by atoms with van der Waals surface area (Å²) in [6.45, 7) is 4.71. The highest BCUT2D eigenvalue weighted by Crippen LogP contribution is 2.45. The summed E-state index contributed by atoms with van der Waals surface area (Å²) in [5, 5.41) is 10.6. The van der Waals surface area contributed by atoms with Gasteiger partial charge < -0.3 is 33.8 Å². The zero-order valence-corrected chi connectivity index (χ0v) is 64.0. The van der Waals surface area contributed by atoms with Crippen molar-refractivity contribution in [2.24, 2.45) is 0 Å². The predicted octanol–water partition coefficient (Wildman–Crippen LogP) is 22.4. The maximum atomic E-state index is 13.1. The molecule has 5 unspecified atom stereocenters. The molecule has 0 rings (SSSR count). The van der Waals surface area contributed by atoms with Crippen molar-refractivity contribution in [2.45, 2.75) is 367 Å². The highest BCUT2D eigenvalue weighted by Gasteiger charge is 2.30. The molecule has 3 N–H and O–H groups in total. The van der Waals surface area contributed by atoms with Crippen molar-refractivity contribution < 1.29 is 80.2 Å². The Morgan fingerprint density at radius 2 is 0.551 bits per heavy atom. The molecule has 5 atom stereocenters. The van der Waals surface area contributed by atoms with E-state index in [1.165, 1.54) is 148 Å². The summed E-state index contributed by atoms with van der Waals surface area (Å²) in [6, 6.07) is 0. The molecule has 0 aromatic carbocycles. The molecule has 0 saturated heterocycles. The third-order valence-electron chi connectivity index (χ3n) is 16.7. The van der Waals surface area contributed by atoms with Crippen molar-refractivity contribution in [3.8, 4) is 0 Å². The highest BCUT2D eigenvalue weighted by atomic mass is 31.2. The first-order valence-corrected chi connectivity index (χ1v) is 42.2. The fourth-order valence-corrected chi connectivity index (χ4v) is 12.3. The van der Waals surface area contributed by atoms with E-state index in [0.717, 1.165) is 116 Å². The normalized spacial score (nSPS) is 14.3. The fraction of sp³-hybridized carbons (Fsp3) is 0.797. The van der Waals surface area contributed by atoms with Crippen LogP contribution in [-0.4, -0.2) is 96.7 Å². The van der Waals surface area contributed by atoms with Gasteiger partial charge in [-0.3, -0.25) is 37.3 Å². The van der Waals surface area contributed by atoms with E-state index in [-0.39, 0.29) is 25.7 Å². The second kappa shape index (κ2) is 71.9. The van der Waals surface area contributed by atoms with Gasteiger partial charge in [0.25, 0.3) is 0 Å². The van der Waals surface area contributed by atoms with Crippen molar-refractivity contribution in [1.82, 2.24) is 0 Å². The zero-order chi connectivity index (χ0) is 71.8. The molecule has 0 aliphatic rings. The van der Waals surface area contributed by atoms with Gasteiger partial charge in [0.1, 0.15) is 19.3 Å². The van der Waals surface area contributed by atoms with Crippen LogP contribution < -0.4 is 0 Å². The molecule has 0 radical (unpaired) electrons. The Labute approximate surface area is 596 Å². The topological polar surface area (TPSA) is 237 Å². The summed E-state index contributed by atoms with van der Waals surface area (Å²) in [5.41, 5.74) is 0. The van der Waals surface area contributed by atoms with E-state index in [2.05, 4.69) is 88.5 Å². The van der Waals surface area contributed by atoms with E-state index >= 15 is 0 Å². The Morgan fingerprint density at radius 3 is 0.898 bits per heavy atom. The van der Waals surface area contributed by atoms with Crippen molar-refractivity contribution in [1.29, 1.82) is 0 Å². The molecule has 0 saturated carbocycles. The molecule has 19 heteroatoms. The average molecular weight is 1430 g/mol. The molecule has 0 aromatic heterocycles. The Morgan fingerprint density at radius 1 is 0.296 bits per heavy atom. The van der Waals surface area contributed by atoms with Crippen LogP contribution in [-0.2, 0) is 65.4 Å². The van der Waals surface area contributed by atoms with Gasteiger partial charge in [0, 0.05) is 25.7 Å². The minimum Gasteiger partial charge on any atom is -0.462 e. The lowest BCUT2D eigenvalue weighted by molar-refractivity contribution is -0.161. The number of phosphoric acid groups is 2. The van der Waals surface area contributed by atoms with Gasteiger partial charge in [0.15, 0.2) is 12.2 Å². The van der Waals surface area contributed by atoms with Gasteiger partial charge in [-0.1, -0.05) is 312 Å². The third kappa shape index (κ3) is 70.9. The molecule has 0 aromatic rings. The van der Waals surface area contributed by atoms with Crippen LogP contribution in [0.2, 0.25) is 0 Å². The van der Waals surface area contributed by atoms with Gasteiger partial charge in [-0.05, 0) is 83.5 Å². The van der Waals surface area contributed by atoms with E-state index in [4.69, 9.17) is 37.0 Å². The van der Waals surface area contributed by atoms with E-state index in [1.54, 1.807) is 0 Å². The average Bonchev–Trinajstić information content (AvgIpc) is 0.986.